The van der Waals surface area contributed by atoms with Crippen LogP contribution in [0.1, 0.15) is 25.7 Å². The average molecular weight is 262 g/mol. The van der Waals surface area contributed by atoms with Crippen molar-refractivity contribution in [3.8, 4) is 0 Å². The lowest BCUT2D eigenvalue weighted by Gasteiger charge is -2.03. The van der Waals surface area contributed by atoms with Gasteiger partial charge in [-0.1, -0.05) is 0 Å². The van der Waals surface area contributed by atoms with Crippen LogP contribution in [0.3, 0.4) is 0 Å². The number of imide groups is 1. The van der Waals surface area contributed by atoms with E-state index in [1.807, 2.05) is 7.05 Å². The highest BCUT2D eigenvalue weighted by Crippen LogP contribution is 2.07. The van der Waals surface area contributed by atoms with E-state index in [0.29, 0.717) is 18.7 Å². The van der Waals surface area contributed by atoms with Crippen LogP contribution in [-0.2, 0) is 14.4 Å². The molecule has 8 nitrogen and oxygen atoms in total. The Morgan fingerprint density at radius 1 is 0.833 bits per heavy atom. The first kappa shape index (κ1) is 18.5. The van der Waals surface area contributed by atoms with Crippen LogP contribution in [0.2, 0.25) is 0 Å². The first-order valence-corrected chi connectivity index (χ1v) is 5.22. The number of rotatable bonds is 0. The van der Waals surface area contributed by atoms with Gasteiger partial charge < -0.3 is 10.4 Å². The summed E-state index contributed by atoms with van der Waals surface area (Å²) in [5.74, 6) is 0.171. The van der Waals surface area contributed by atoms with Gasteiger partial charge in [0.15, 0.2) is 0 Å². The minimum atomic E-state index is -0.0602. The molecule has 3 amide bonds. The Morgan fingerprint density at radius 3 is 1.39 bits per heavy atom. The predicted molar refractivity (Wildman–Crippen MR) is 64.2 cm³/mol. The molecule has 8 heteroatoms. The fraction of sp³-hybridized carbons (Fsp3) is 0.700. The molecule has 0 aromatic carbocycles. The molecule has 0 aromatic heterocycles. The van der Waals surface area contributed by atoms with Gasteiger partial charge in [0.1, 0.15) is 0 Å². The van der Waals surface area contributed by atoms with Crippen molar-refractivity contribution in [3.05, 3.63) is 9.93 Å². The summed E-state index contributed by atoms with van der Waals surface area (Å²) in [5.41, 5.74) is 0. The molecule has 0 aromatic rings. The molecule has 0 spiro atoms. The second kappa shape index (κ2) is 9.23. The summed E-state index contributed by atoms with van der Waals surface area (Å²) in [6.45, 7) is 0.957. The molecule has 2 N–H and O–H groups in total. The summed E-state index contributed by atoms with van der Waals surface area (Å²) in [7, 11) is 3.35. The Balaban J connectivity index is 0. The van der Waals surface area contributed by atoms with E-state index in [1.54, 1.807) is 4.90 Å². The van der Waals surface area contributed by atoms with Crippen molar-refractivity contribution in [2.45, 2.75) is 25.7 Å². The molecule has 0 saturated carbocycles. The second-order valence-electron chi connectivity index (χ2n) is 3.77. The van der Waals surface area contributed by atoms with Crippen LogP contribution in [0, 0.1) is 9.93 Å². The molecule has 0 atom stereocenters. The van der Waals surface area contributed by atoms with E-state index in [2.05, 4.69) is 0 Å². The highest BCUT2D eigenvalue weighted by molar-refractivity contribution is 6.01. The SMILES string of the molecule is CN1C(=O)CCC1=O.CN1CCCC1=O.O.O=O. The van der Waals surface area contributed by atoms with E-state index in [-0.39, 0.29) is 17.3 Å². The standard InChI is InChI=1S/C5H7NO2.C5H9NO.O2.H2O/c1-6-4(7)2-3-5(6)8;1-6-4-2-3-5(6)7;1-2;/h2-3H2,1H3;2-4H2,1H3;;1H2. The Kier molecular flexibility index (Phi) is 9.50. The van der Waals surface area contributed by atoms with E-state index < -0.39 is 0 Å². The Bertz CT molecular complexity index is 291. The minimum absolute atomic E-state index is 0. The predicted octanol–water partition coefficient (Wildman–Crippen LogP) is -0.754. The molecule has 18 heavy (non-hydrogen) atoms. The Labute approximate surface area is 104 Å². The first-order chi connectivity index (χ1) is 8.02. The lowest BCUT2D eigenvalue weighted by molar-refractivity contribution is -0.136. The van der Waals surface area contributed by atoms with Crippen molar-refractivity contribution >= 4 is 17.7 Å². The summed E-state index contributed by atoms with van der Waals surface area (Å²) in [6.07, 6.45) is 2.61. The van der Waals surface area contributed by atoms with Gasteiger partial charge in [-0.25, -0.2) is 0 Å². The summed E-state index contributed by atoms with van der Waals surface area (Å²) in [4.78, 5) is 48.4. The third-order valence-electron chi connectivity index (χ3n) is 2.61. The number of carbonyl (C=O) groups excluding carboxylic acids is 3. The van der Waals surface area contributed by atoms with Crippen LogP contribution in [-0.4, -0.2) is 53.6 Å². The van der Waals surface area contributed by atoms with Gasteiger partial charge in [-0.05, 0) is 6.42 Å². The molecule has 2 aliphatic rings. The number of likely N-dealkylation sites (tertiary alicyclic amines) is 2. The van der Waals surface area contributed by atoms with Crippen LogP contribution in [0.5, 0.6) is 0 Å². The maximum atomic E-state index is 10.5. The van der Waals surface area contributed by atoms with E-state index in [4.69, 9.17) is 9.93 Å². The van der Waals surface area contributed by atoms with Crippen LogP contribution in [0.15, 0.2) is 0 Å². The van der Waals surface area contributed by atoms with Crippen molar-refractivity contribution < 1.29 is 19.9 Å². The van der Waals surface area contributed by atoms with Gasteiger partial charge >= 0.3 is 0 Å². The van der Waals surface area contributed by atoms with Crippen LogP contribution >= 0.6 is 0 Å². The molecule has 0 radical (unpaired) electrons. The second-order valence-corrected chi connectivity index (χ2v) is 3.77. The maximum absolute atomic E-state index is 10.5. The molecule has 0 bridgehead atoms. The number of carbonyl (C=O) groups is 3. The monoisotopic (exact) mass is 262 g/mol. The van der Waals surface area contributed by atoms with Crippen LogP contribution in [0.4, 0.5) is 0 Å². The molecule has 2 heterocycles. The number of amides is 3. The van der Waals surface area contributed by atoms with E-state index >= 15 is 0 Å². The highest BCUT2D eigenvalue weighted by Gasteiger charge is 2.24. The molecule has 0 aliphatic carbocycles. The summed E-state index contributed by atoms with van der Waals surface area (Å²) >= 11 is 0. The quantitative estimate of drug-likeness (QED) is 0.531. The number of hydrogen-bond acceptors (Lipinski definition) is 5. The Morgan fingerprint density at radius 2 is 1.28 bits per heavy atom. The van der Waals surface area contributed by atoms with Crippen molar-refractivity contribution in [1.29, 1.82) is 0 Å². The minimum Gasteiger partial charge on any atom is -0.412 e. The van der Waals surface area contributed by atoms with Gasteiger partial charge in [0.25, 0.3) is 0 Å². The molecule has 2 aliphatic heterocycles. The molecule has 104 valence electrons. The lowest BCUT2D eigenvalue weighted by atomic mass is 10.4. The van der Waals surface area contributed by atoms with Gasteiger partial charge in [-0.15, -0.1) is 0 Å². The fourth-order valence-corrected chi connectivity index (χ4v) is 1.47. The summed E-state index contributed by atoms with van der Waals surface area (Å²) in [5, 5.41) is 0. The highest BCUT2D eigenvalue weighted by atomic mass is 16.7. The molecular formula is C10H18N2O6. The van der Waals surface area contributed by atoms with Gasteiger partial charge in [0.2, 0.25) is 17.7 Å². The molecule has 0 unspecified atom stereocenters. The van der Waals surface area contributed by atoms with Crippen molar-refractivity contribution in [3.63, 3.8) is 0 Å². The third kappa shape index (κ3) is 5.48. The van der Waals surface area contributed by atoms with Crippen molar-refractivity contribution in [2.24, 2.45) is 0 Å². The topological polar surface area (TPSA) is 123 Å². The van der Waals surface area contributed by atoms with E-state index in [0.717, 1.165) is 19.4 Å². The van der Waals surface area contributed by atoms with E-state index in [9.17, 15) is 14.4 Å². The fourth-order valence-electron chi connectivity index (χ4n) is 1.47. The molecular weight excluding hydrogens is 244 g/mol. The zero-order valence-electron chi connectivity index (χ0n) is 10.5. The third-order valence-corrected chi connectivity index (χ3v) is 2.61. The maximum Gasteiger partial charge on any atom is 0.229 e. The normalized spacial score (nSPS) is 17.6. The number of nitrogens with zero attached hydrogens (tertiary/aromatic N) is 2. The van der Waals surface area contributed by atoms with Crippen LogP contribution < -0.4 is 0 Å². The summed E-state index contributed by atoms with van der Waals surface area (Å²) in [6, 6.07) is 0. The molecule has 2 saturated heterocycles. The number of hydrogen-bond donors (Lipinski definition) is 0. The van der Waals surface area contributed by atoms with Gasteiger partial charge in [0.05, 0.1) is 0 Å². The molecule has 2 rings (SSSR count). The average Bonchev–Trinajstić information content (AvgIpc) is 2.84. The van der Waals surface area contributed by atoms with Gasteiger partial charge in [-0.2, -0.15) is 0 Å². The van der Waals surface area contributed by atoms with Gasteiger partial charge in [0, 0.05) is 49.8 Å². The first-order valence-electron chi connectivity index (χ1n) is 5.22. The van der Waals surface area contributed by atoms with E-state index in [1.165, 1.54) is 11.9 Å². The largest absolute Gasteiger partial charge is 0.412 e. The Hall–Kier alpha value is -1.83. The molecule has 2 fully saturated rings. The lowest BCUT2D eigenvalue weighted by Crippen LogP contribution is -2.23. The smallest absolute Gasteiger partial charge is 0.229 e. The van der Waals surface area contributed by atoms with Crippen molar-refractivity contribution in [1.82, 2.24) is 9.80 Å². The van der Waals surface area contributed by atoms with Crippen LogP contribution in [0.25, 0.3) is 0 Å². The van der Waals surface area contributed by atoms with Gasteiger partial charge in [-0.3, -0.25) is 19.3 Å². The van der Waals surface area contributed by atoms with Crippen molar-refractivity contribution in [2.75, 3.05) is 20.6 Å². The zero-order chi connectivity index (χ0) is 13.4. The summed E-state index contributed by atoms with van der Waals surface area (Å²) < 4.78 is 0. The zero-order valence-corrected chi connectivity index (χ0v) is 10.5.